The van der Waals surface area contributed by atoms with Crippen LogP contribution < -0.4 is 0 Å². The molecule has 0 saturated heterocycles. The first-order valence-electron chi connectivity index (χ1n) is 4.93. The Morgan fingerprint density at radius 3 is 2.92 bits per heavy atom. The van der Waals surface area contributed by atoms with Crippen molar-refractivity contribution in [3.05, 3.63) is 18.0 Å². The number of aliphatic hydroxyl groups excluding tert-OH is 1. The molecule has 3 nitrogen and oxygen atoms in total. The van der Waals surface area contributed by atoms with Gasteiger partial charge in [-0.05, 0) is 24.3 Å². The van der Waals surface area contributed by atoms with Gasteiger partial charge in [0, 0.05) is 12.7 Å². The summed E-state index contributed by atoms with van der Waals surface area (Å²) in [7, 11) is 0. The van der Waals surface area contributed by atoms with Crippen LogP contribution in [0.2, 0.25) is 0 Å². The summed E-state index contributed by atoms with van der Waals surface area (Å²) in [4.78, 5) is 0. The standard InChI is InChI=1S/C10H16N2O/c1-8-2-3-9(8)6-12-5-4-10(7-13)11-12/h4-5,8-9,13H,2-3,6-7H2,1H3/t8-,9-/m1/s1. The largest absolute Gasteiger partial charge is 0.390 e. The van der Waals surface area contributed by atoms with Gasteiger partial charge in [-0.15, -0.1) is 0 Å². The van der Waals surface area contributed by atoms with Gasteiger partial charge in [0.1, 0.15) is 0 Å². The summed E-state index contributed by atoms with van der Waals surface area (Å²) >= 11 is 0. The summed E-state index contributed by atoms with van der Waals surface area (Å²) < 4.78 is 1.95. The summed E-state index contributed by atoms with van der Waals surface area (Å²) in [5.74, 6) is 1.65. The maximum atomic E-state index is 8.83. The Labute approximate surface area is 78.4 Å². The molecule has 0 amide bonds. The van der Waals surface area contributed by atoms with E-state index in [1.165, 1.54) is 12.8 Å². The third kappa shape index (κ3) is 1.75. The Morgan fingerprint density at radius 1 is 1.62 bits per heavy atom. The quantitative estimate of drug-likeness (QED) is 0.764. The first kappa shape index (κ1) is 8.75. The second-order valence-corrected chi connectivity index (χ2v) is 4.00. The summed E-state index contributed by atoms with van der Waals surface area (Å²) in [5, 5.41) is 13.1. The molecule has 0 aliphatic heterocycles. The SMILES string of the molecule is C[C@@H]1CC[C@@H]1Cn1ccc(CO)n1. The molecule has 0 radical (unpaired) electrons. The number of hydrogen-bond acceptors (Lipinski definition) is 2. The molecule has 1 aliphatic rings. The molecule has 1 aliphatic carbocycles. The lowest BCUT2D eigenvalue weighted by atomic mass is 9.75. The predicted molar refractivity (Wildman–Crippen MR) is 50.0 cm³/mol. The molecular formula is C10H16N2O. The maximum absolute atomic E-state index is 8.83. The highest BCUT2D eigenvalue weighted by atomic mass is 16.3. The number of nitrogens with zero attached hydrogens (tertiary/aromatic N) is 2. The van der Waals surface area contributed by atoms with E-state index in [1.807, 2.05) is 16.9 Å². The zero-order valence-corrected chi connectivity index (χ0v) is 7.98. The molecule has 1 aromatic heterocycles. The van der Waals surface area contributed by atoms with E-state index in [-0.39, 0.29) is 6.61 Å². The summed E-state index contributed by atoms with van der Waals surface area (Å²) in [6, 6.07) is 1.88. The average molecular weight is 180 g/mol. The van der Waals surface area contributed by atoms with Crippen molar-refractivity contribution in [1.82, 2.24) is 9.78 Å². The second-order valence-electron chi connectivity index (χ2n) is 4.00. The van der Waals surface area contributed by atoms with E-state index in [0.717, 1.165) is 24.1 Å². The molecule has 2 atom stereocenters. The van der Waals surface area contributed by atoms with Gasteiger partial charge in [-0.25, -0.2) is 0 Å². The minimum Gasteiger partial charge on any atom is -0.390 e. The van der Waals surface area contributed by atoms with E-state index in [2.05, 4.69) is 12.0 Å². The molecule has 13 heavy (non-hydrogen) atoms. The number of rotatable bonds is 3. The van der Waals surface area contributed by atoms with Crippen molar-refractivity contribution >= 4 is 0 Å². The van der Waals surface area contributed by atoms with E-state index in [0.29, 0.717) is 0 Å². The van der Waals surface area contributed by atoms with Gasteiger partial charge in [0.2, 0.25) is 0 Å². The third-order valence-corrected chi connectivity index (χ3v) is 3.08. The zero-order valence-electron chi connectivity index (χ0n) is 7.98. The fourth-order valence-corrected chi connectivity index (χ4v) is 1.84. The molecule has 3 heteroatoms. The van der Waals surface area contributed by atoms with Crippen LogP contribution >= 0.6 is 0 Å². The van der Waals surface area contributed by atoms with Gasteiger partial charge >= 0.3 is 0 Å². The van der Waals surface area contributed by atoms with Gasteiger partial charge in [-0.1, -0.05) is 13.3 Å². The van der Waals surface area contributed by atoms with E-state index in [9.17, 15) is 0 Å². The van der Waals surface area contributed by atoms with Crippen molar-refractivity contribution in [2.24, 2.45) is 11.8 Å². The molecule has 1 saturated carbocycles. The molecule has 1 fully saturated rings. The highest BCUT2D eigenvalue weighted by molar-refractivity contribution is 4.97. The minimum absolute atomic E-state index is 0.0488. The van der Waals surface area contributed by atoms with Crippen molar-refractivity contribution < 1.29 is 5.11 Å². The van der Waals surface area contributed by atoms with E-state index in [4.69, 9.17) is 5.11 Å². The van der Waals surface area contributed by atoms with Gasteiger partial charge < -0.3 is 5.11 Å². The molecule has 0 aromatic carbocycles. The Hall–Kier alpha value is -0.830. The molecule has 0 spiro atoms. The van der Waals surface area contributed by atoms with Crippen molar-refractivity contribution in [3.8, 4) is 0 Å². The molecule has 1 N–H and O–H groups in total. The topological polar surface area (TPSA) is 38.0 Å². The van der Waals surface area contributed by atoms with Gasteiger partial charge in [0.15, 0.2) is 0 Å². The zero-order chi connectivity index (χ0) is 9.26. The van der Waals surface area contributed by atoms with Crippen LogP contribution in [0.3, 0.4) is 0 Å². The molecule has 0 unspecified atom stereocenters. The van der Waals surface area contributed by atoms with Crippen LogP contribution in [0.15, 0.2) is 12.3 Å². The van der Waals surface area contributed by atoms with Crippen LogP contribution in [-0.2, 0) is 13.2 Å². The highest BCUT2D eigenvalue weighted by Gasteiger charge is 2.26. The minimum atomic E-state index is 0.0488. The highest BCUT2D eigenvalue weighted by Crippen LogP contribution is 2.34. The number of aromatic nitrogens is 2. The van der Waals surface area contributed by atoms with Crippen LogP contribution in [-0.4, -0.2) is 14.9 Å². The Balaban J connectivity index is 1.93. The van der Waals surface area contributed by atoms with Crippen molar-refractivity contribution in [3.63, 3.8) is 0 Å². The van der Waals surface area contributed by atoms with Crippen LogP contribution in [0.4, 0.5) is 0 Å². The van der Waals surface area contributed by atoms with Crippen molar-refractivity contribution in [2.45, 2.75) is 32.9 Å². The van der Waals surface area contributed by atoms with Crippen molar-refractivity contribution in [2.75, 3.05) is 0 Å². The Bertz CT molecular complexity index is 282. The van der Waals surface area contributed by atoms with Crippen LogP contribution in [0.25, 0.3) is 0 Å². The van der Waals surface area contributed by atoms with E-state index >= 15 is 0 Å². The fraction of sp³-hybridized carbons (Fsp3) is 0.700. The molecule has 72 valence electrons. The van der Waals surface area contributed by atoms with Gasteiger partial charge in [0.05, 0.1) is 12.3 Å². The maximum Gasteiger partial charge on any atom is 0.0878 e. The summed E-state index contributed by atoms with van der Waals surface area (Å²) in [6.07, 6.45) is 4.64. The summed E-state index contributed by atoms with van der Waals surface area (Å²) in [5.41, 5.74) is 0.770. The van der Waals surface area contributed by atoms with Crippen LogP contribution in [0.1, 0.15) is 25.5 Å². The van der Waals surface area contributed by atoms with E-state index in [1.54, 1.807) is 0 Å². The molecular weight excluding hydrogens is 164 g/mol. The molecule has 1 aromatic rings. The lowest BCUT2D eigenvalue weighted by Gasteiger charge is -2.33. The molecule has 1 heterocycles. The van der Waals surface area contributed by atoms with Crippen molar-refractivity contribution in [1.29, 1.82) is 0 Å². The van der Waals surface area contributed by atoms with Gasteiger partial charge in [-0.2, -0.15) is 5.10 Å². The lowest BCUT2D eigenvalue weighted by molar-refractivity contribution is 0.164. The molecule has 0 bridgehead atoms. The third-order valence-electron chi connectivity index (χ3n) is 3.08. The average Bonchev–Trinajstić information content (AvgIpc) is 2.59. The first-order valence-corrected chi connectivity index (χ1v) is 4.93. The Morgan fingerprint density at radius 2 is 2.46 bits per heavy atom. The normalized spacial score (nSPS) is 27.2. The number of hydrogen-bond donors (Lipinski definition) is 1. The fourth-order valence-electron chi connectivity index (χ4n) is 1.84. The van der Waals surface area contributed by atoms with Gasteiger partial charge in [0.25, 0.3) is 0 Å². The number of aliphatic hydroxyl groups is 1. The summed E-state index contributed by atoms with van der Waals surface area (Å²) in [6.45, 7) is 3.36. The van der Waals surface area contributed by atoms with Crippen LogP contribution in [0, 0.1) is 11.8 Å². The van der Waals surface area contributed by atoms with Gasteiger partial charge in [-0.3, -0.25) is 4.68 Å². The van der Waals surface area contributed by atoms with Crippen LogP contribution in [0.5, 0.6) is 0 Å². The first-order chi connectivity index (χ1) is 6.29. The Kier molecular flexibility index (Phi) is 2.36. The second kappa shape index (κ2) is 3.50. The molecule has 2 rings (SSSR count). The lowest BCUT2D eigenvalue weighted by Crippen LogP contribution is -2.27. The predicted octanol–water partition coefficient (Wildman–Crippen LogP) is 1.42. The van der Waals surface area contributed by atoms with E-state index < -0.39 is 0 Å². The monoisotopic (exact) mass is 180 g/mol. The smallest absolute Gasteiger partial charge is 0.0878 e.